The third-order valence-electron chi connectivity index (χ3n) is 5.34. The molecule has 3 heteroatoms. The van der Waals surface area contributed by atoms with E-state index in [1.807, 2.05) is 0 Å². The van der Waals surface area contributed by atoms with E-state index < -0.39 is 0 Å². The van der Waals surface area contributed by atoms with Gasteiger partial charge in [-0.2, -0.15) is 0 Å². The first-order chi connectivity index (χ1) is 10.2. The number of primary amides is 1. The first-order valence-electron chi connectivity index (χ1n) is 8.32. The topological polar surface area (TPSA) is 46.3 Å². The Morgan fingerprint density at radius 3 is 2.43 bits per heavy atom. The van der Waals surface area contributed by atoms with Gasteiger partial charge < -0.3 is 5.73 Å². The molecule has 3 rings (SSSR count). The summed E-state index contributed by atoms with van der Waals surface area (Å²) in [6.45, 7) is 2.03. The molecule has 1 aliphatic carbocycles. The summed E-state index contributed by atoms with van der Waals surface area (Å²) in [6, 6.07) is 11.6. The molecule has 0 bridgehead atoms. The predicted octanol–water partition coefficient (Wildman–Crippen LogP) is 2.91. The third-order valence-corrected chi connectivity index (χ3v) is 5.34. The van der Waals surface area contributed by atoms with Crippen LogP contribution < -0.4 is 5.73 Å². The van der Waals surface area contributed by atoms with Crippen molar-refractivity contribution in [2.24, 2.45) is 11.7 Å². The number of carbonyl (C=O) groups excluding carboxylic acids is 1. The average molecular weight is 286 g/mol. The minimum absolute atomic E-state index is 0.0746. The number of piperidine rings is 1. The molecule has 1 aromatic carbocycles. The van der Waals surface area contributed by atoms with Gasteiger partial charge in [0.05, 0.1) is 5.92 Å². The maximum absolute atomic E-state index is 11.4. The molecule has 0 aromatic heterocycles. The highest BCUT2D eigenvalue weighted by Gasteiger charge is 2.31. The summed E-state index contributed by atoms with van der Waals surface area (Å²) in [6.07, 6.45) is 7.15. The standard InChI is InChI=1S/C18H26N2O/c19-18(21)16-7-4-12-20(13-16)17-10-8-15(9-11-17)14-5-2-1-3-6-14/h1-3,5-6,15-17H,4,7-13H2,(H2,19,21). The molecule has 1 heterocycles. The molecule has 2 aliphatic rings. The molecule has 1 unspecified atom stereocenters. The van der Waals surface area contributed by atoms with Crippen molar-refractivity contribution in [1.29, 1.82) is 0 Å². The van der Waals surface area contributed by atoms with Gasteiger partial charge in [0, 0.05) is 12.6 Å². The summed E-state index contributed by atoms with van der Waals surface area (Å²) in [5, 5.41) is 0. The van der Waals surface area contributed by atoms with Crippen LogP contribution in [0.5, 0.6) is 0 Å². The van der Waals surface area contributed by atoms with Gasteiger partial charge in [0.2, 0.25) is 5.91 Å². The summed E-state index contributed by atoms with van der Waals surface area (Å²) in [5.74, 6) is 0.683. The largest absolute Gasteiger partial charge is 0.369 e. The molecule has 2 N–H and O–H groups in total. The van der Waals surface area contributed by atoms with Crippen molar-refractivity contribution >= 4 is 5.91 Å². The fraction of sp³-hybridized carbons (Fsp3) is 0.611. The van der Waals surface area contributed by atoms with E-state index in [9.17, 15) is 4.79 Å². The Bertz CT molecular complexity index is 465. The number of nitrogens with two attached hydrogens (primary N) is 1. The van der Waals surface area contributed by atoms with E-state index in [0.29, 0.717) is 6.04 Å². The average Bonchev–Trinajstić information content (AvgIpc) is 2.56. The molecule has 1 amide bonds. The fourth-order valence-electron chi connectivity index (χ4n) is 4.07. The molecule has 3 nitrogen and oxygen atoms in total. The van der Waals surface area contributed by atoms with Crippen LogP contribution >= 0.6 is 0 Å². The molecular formula is C18H26N2O. The highest BCUT2D eigenvalue weighted by molar-refractivity contribution is 5.76. The van der Waals surface area contributed by atoms with Crippen molar-refractivity contribution in [3.8, 4) is 0 Å². The number of benzene rings is 1. The van der Waals surface area contributed by atoms with Crippen LogP contribution in [0, 0.1) is 5.92 Å². The molecule has 21 heavy (non-hydrogen) atoms. The van der Waals surface area contributed by atoms with Crippen LogP contribution in [0.2, 0.25) is 0 Å². The molecule has 0 spiro atoms. The van der Waals surface area contributed by atoms with Crippen LogP contribution in [0.15, 0.2) is 30.3 Å². The van der Waals surface area contributed by atoms with Crippen molar-refractivity contribution in [2.75, 3.05) is 13.1 Å². The number of rotatable bonds is 3. The lowest BCUT2D eigenvalue weighted by Crippen LogP contribution is -2.47. The zero-order chi connectivity index (χ0) is 14.7. The Kier molecular flexibility index (Phi) is 4.59. The summed E-state index contributed by atoms with van der Waals surface area (Å²) >= 11 is 0. The highest BCUT2D eigenvalue weighted by atomic mass is 16.1. The van der Waals surface area contributed by atoms with Crippen LogP contribution in [0.1, 0.15) is 50.0 Å². The van der Waals surface area contributed by atoms with Crippen LogP contribution in [-0.4, -0.2) is 29.9 Å². The first kappa shape index (κ1) is 14.6. The van der Waals surface area contributed by atoms with Crippen molar-refractivity contribution in [2.45, 2.75) is 50.5 Å². The van der Waals surface area contributed by atoms with Crippen LogP contribution in [0.3, 0.4) is 0 Å². The van der Waals surface area contributed by atoms with Gasteiger partial charge in [-0.15, -0.1) is 0 Å². The monoisotopic (exact) mass is 286 g/mol. The Morgan fingerprint density at radius 2 is 1.76 bits per heavy atom. The second kappa shape index (κ2) is 6.61. The predicted molar refractivity (Wildman–Crippen MR) is 84.9 cm³/mol. The Morgan fingerprint density at radius 1 is 1.05 bits per heavy atom. The number of hydrogen-bond donors (Lipinski definition) is 1. The quantitative estimate of drug-likeness (QED) is 0.928. The van der Waals surface area contributed by atoms with Gasteiger partial charge >= 0.3 is 0 Å². The molecule has 1 aliphatic heterocycles. The fourth-order valence-corrected chi connectivity index (χ4v) is 4.07. The van der Waals surface area contributed by atoms with E-state index in [4.69, 9.17) is 5.73 Å². The molecule has 0 radical (unpaired) electrons. The second-order valence-corrected chi connectivity index (χ2v) is 6.65. The molecular weight excluding hydrogens is 260 g/mol. The van der Waals surface area contributed by atoms with Gasteiger partial charge in [-0.25, -0.2) is 0 Å². The number of carbonyl (C=O) groups is 1. The van der Waals surface area contributed by atoms with E-state index in [0.717, 1.165) is 31.8 Å². The van der Waals surface area contributed by atoms with E-state index in [1.54, 1.807) is 0 Å². The summed E-state index contributed by atoms with van der Waals surface area (Å²) in [5.41, 5.74) is 6.98. The van der Waals surface area contributed by atoms with Gasteiger partial charge in [-0.1, -0.05) is 30.3 Å². The van der Waals surface area contributed by atoms with Gasteiger partial charge in [-0.3, -0.25) is 9.69 Å². The lowest BCUT2D eigenvalue weighted by molar-refractivity contribution is -0.123. The van der Waals surface area contributed by atoms with Gasteiger partial charge in [0.15, 0.2) is 0 Å². The SMILES string of the molecule is NC(=O)C1CCCN(C2CCC(c3ccccc3)CC2)C1. The van der Waals surface area contributed by atoms with Crippen molar-refractivity contribution < 1.29 is 4.79 Å². The zero-order valence-electron chi connectivity index (χ0n) is 12.7. The second-order valence-electron chi connectivity index (χ2n) is 6.65. The Hall–Kier alpha value is -1.35. The molecule has 1 saturated heterocycles. The maximum Gasteiger partial charge on any atom is 0.221 e. The van der Waals surface area contributed by atoms with E-state index in [2.05, 4.69) is 35.2 Å². The lowest BCUT2D eigenvalue weighted by Gasteiger charge is -2.40. The lowest BCUT2D eigenvalue weighted by atomic mass is 9.80. The summed E-state index contributed by atoms with van der Waals surface area (Å²) in [7, 11) is 0. The van der Waals surface area contributed by atoms with Crippen LogP contribution in [0.4, 0.5) is 0 Å². The number of nitrogens with zero attached hydrogens (tertiary/aromatic N) is 1. The smallest absolute Gasteiger partial charge is 0.221 e. The molecule has 1 saturated carbocycles. The van der Waals surface area contributed by atoms with Crippen molar-refractivity contribution in [3.63, 3.8) is 0 Å². The third kappa shape index (κ3) is 3.46. The van der Waals surface area contributed by atoms with Crippen LogP contribution in [-0.2, 0) is 4.79 Å². The zero-order valence-corrected chi connectivity index (χ0v) is 12.7. The van der Waals surface area contributed by atoms with E-state index in [-0.39, 0.29) is 11.8 Å². The molecule has 114 valence electrons. The van der Waals surface area contributed by atoms with Crippen LogP contribution in [0.25, 0.3) is 0 Å². The van der Waals surface area contributed by atoms with E-state index >= 15 is 0 Å². The first-order valence-corrected chi connectivity index (χ1v) is 8.32. The molecule has 2 fully saturated rings. The van der Waals surface area contributed by atoms with Crippen molar-refractivity contribution in [1.82, 2.24) is 4.90 Å². The van der Waals surface area contributed by atoms with Gasteiger partial charge in [0.25, 0.3) is 0 Å². The highest BCUT2D eigenvalue weighted by Crippen LogP contribution is 2.35. The maximum atomic E-state index is 11.4. The summed E-state index contributed by atoms with van der Waals surface area (Å²) in [4.78, 5) is 13.9. The molecule has 1 atom stereocenters. The molecule has 1 aromatic rings. The minimum atomic E-state index is -0.113. The van der Waals surface area contributed by atoms with Gasteiger partial charge in [0.1, 0.15) is 0 Å². The minimum Gasteiger partial charge on any atom is -0.369 e. The number of hydrogen-bond acceptors (Lipinski definition) is 2. The number of amides is 1. The van der Waals surface area contributed by atoms with Crippen molar-refractivity contribution in [3.05, 3.63) is 35.9 Å². The Labute approximate surface area is 127 Å². The Balaban J connectivity index is 1.55. The number of likely N-dealkylation sites (tertiary alicyclic amines) is 1. The van der Waals surface area contributed by atoms with Gasteiger partial charge in [-0.05, 0) is 56.6 Å². The summed E-state index contributed by atoms with van der Waals surface area (Å²) < 4.78 is 0. The normalized spacial score (nSPS) is 31.0. The van der Waals surface area contributed by atoms with E-state index in [1.165, 1.54) is 31.2 Å².